The van der Waals surface area contributed by atoms with Gasteiger partial charge in [0.1, 0.15) is 5.82 Å². The summed E-state index contributed by atoms with van der Waals surface area (Å²) in [4.78, 5) is 30.4. The molecule has 4 rings (SSSR count). The van der Waals surface area contributed by atoms with E-state index < -0.39 is 5.82 Å². The Bertz CT molecular complexity index is 1030. The van der Waals surface area contributed by atoms with E-state index in [1.54, 1.807) is 24.3 Å². The minimum atomic E-state index is -0.403. The van der Waals surface area contributed by atoms with Gasteiger partial charge in [0.25, 0.3) is 5.91 Å². The highest BCUT2D eigenvalue weighted by molar-refractivity contribution is 7.16. The number of carbonyl (C=O) groups excluding carboxylic acids is 2. The second-order valence-electron chi connectivity index (χ2n) is 6.38. The zero-order chi connectivity index (χ0) is 19.7. The Morgan fingerprint density at radius 1 is 1.07 bits per heavy atom. The molecule has 0 aliphatic heterocycles. The topological polar surface area (TPSA) is 71.1 Å². The summed E-state index contributed by atoms with van der Waals surface area (Å²) in [7, 11) is 0. The number of aromatic nitrogens is 1. The molecular formula is C20H15ClFN3O2S. The molecule has 3 aromatic rings. The Labute approximate surface area is 169 Å². The van der Waals surface area contributed by atoms with Crippen molar-refractivity contribution in [3.05, 3.63) is 75.5 Å². The molecule has 1 aliphatic carbocycles. The van der Waals surface area contributed by atoms with Crippen LogP contribution in [0.4, 0.5) is 15.2 Å². The number of nitrogens with one attached hydrogen (secondary N) is 2. The van der Waals surface area contributed by atoms with Crippen LogP contribution in [0.25, 0.3) is 0 Å². The van der Waals surface area contributed by atoms with E-state index in [0.29, 0.717) is 33.5 Å². The van der Waals surface area contributed by atoms with Crippen molar-refractivity contribution in [3.8, 4) is 0 Å². The van der Waals surface area contributed by atoms with Gasteiger partial charge in [-0.05, 0) is 61.4 Å². The first-order chi connectivity index (χ1) is 13.5. The van der Waals surface area contributed by atoms with Gasteiger partial charge in [0.2, 0.25) is 5.91 Å². The molecule has 0 spiro atoms. The van der Waals surface area contributed by atoms with Crippen LogP contribution in [0.3, 0.4) is 0 Å². The first-order valence-electron chi connectivity index (χ1n) is 8.62. The Morgan fingerprint density at radius 3 is 2.50 bits per heavy atom. The Kier molecular flexibility index (Phi) is 5.11. The third kappa shape index (κ3) is 3.90. The van der Waals surface area contributed by atoms with Crippen LogP contribution in [0.15, 0.2) is 48.5 Å². The molecule has 0 saturated carbocycles. The van der Waals surface area contributed by atoms with Gasteiger partial charge >= 0.3 is 0 Å². The van der Waals surface area contributed by atoms with E-state index in [0.717, 1.165) is 11.3 Å². The number of aryl methyl sites for hydroxylation is 1. The summed E-state index contributed by atoms with van der Waals surface area (Å²) < 4.78 is 13.0. The normalized spacial score (nSPS) is 15.1. The summed E-state index contributed by atoms with van der Waals surface area (Å²) in [5.41, 5.74) is 1.71. The second-order valence-corrected chi connectivity index (χ2v) is 7.90. The lowest BCUT2D eigenvalue weighted by Gasteiger charge is -2.10. The molecule has 8 heteroatoms. The van der Waals surface area contributed by atoms with Crippen molar-refractivity contribution < 1.29 is 14.0 Å². The number of amides is 2. The van der Waals surface area contributed by atoms with Gasteiger partial charge in [0, 0.05) is 21.2 Å². The molecule has 2 aromatic carbocycles. The molecule has 1 atom stereocenters. The van der Waals surface area contributed by atoms with Gasteiger partial charge in [0.05, 0.1) is 11.6 Å². The summed E-state index contributed by atoms with van der Waals surface area (Å²) in [6, 6.07) is 12.2. The predicted molar refractivity (Wildman–Crippen MR) is 108 cm³/mol. The lowest BCUT2D eigenvalue weighted by Crippen LogP contribution is -2.20. The molecule has 28 heavy (non-hydrogen) atoms. The number of hydrogen-bond donors (Lipinski definition) is 2. The number of anilines is 2. The molecule has 5 nitrogen and oxygen atoms in total. The fourth-order valence-corrected chi connectivity index (χ4v) is 4.23. The highest BCUT2D eigenvalue weighted by Gasteiger charge is 2.33. The molecule has 142 valence electrons. The number of halogens is 2. The Hall–Kier alpha value is -2.77. The monoisotopic (exact) mass is 415 g/mol. The molecule has 1 aliphatic rings. The third-order valence-corrected chi connectivity index (χ3v) is 5.77. The summed E-state index contributed by atoms with van der Waals surface area (Å²) in [6.45, 7) is 0. The average Bonchev–Trinajstić information content (AvgIpc) is 3.24. The van der Waals surface area contributed by atoms with Crippen molar-refractivity contribution in [2.24, 2.45) is 0 Å². The van der Waals surface area contributed by atoms with Crippen molar-refractivity contribution in [2.45, 2.75) is 18.8 Å². The highest BCUT2D eigenvalue weighted by Crippen LogP contribution is 2.39. The fourth-order valence-electron chi connectivity index (χ4n) is 3.07. The lowest BCUT2D eigenvalue weighted by atomic mass is 10.1. The molecule has 1 heterocycles. The van der Waals surface area contributed by atoms with E-state index >= 15 is 0 Å². The largest absolute Gasteiger partial charge is 0.326 e. The van der Waals surface area contributed by atoms with E-state index in [1.165, 1.54) is 35.6 Å². The maximum atomic E-state index is 13.0. The number of nitrogens with zero attached hydrogens (tertiary/aromatic N) is 1. The van der Waals surface area contributed by atoms with Gasteiger partial charge < -0.3 is 5.32 Å². The number of benzene rings is 2. The molecule has 1 unspecified atom stereocenters. The smallest absolute Gasteiger partial charge is 0.257 e. The molecule has 0 fully saturated rings. The van der Waals surface area contributed by atoms with Gasteiger partial charge in [-0.3, -0.25) is 14.9 Å². The predicted octanol–water partition coefficient (Wildman–Crippen LogP) is 4.86. The summed E-state index contributed by atoms with van der Waals surface area (Å²) >= 11 is 7.23. The molecule has 0 saturated heterocycles. The highest BCUT2D eigenvalue weighted by atomic mass is 35.5. The number of carbonyl (C=O) groups is 2. The summed E-state index contributed by atoms with van der Waals surface area (Å²) in [5, 5.41) is 6.63. The van der Waals surface area contributed by atoms with Gasteiger partial charge in [-0.25, -0.2) is 9.37 Å². The van der Waals surface area contributed by atoms with Crippen LogP contribution in [0, 0.1) is 5.82 Å². The first kappa shape index (κ1) is 18.6. The minimum Gasteiger partial charge on any atom is -0.326 e. The molecule has 2 amide bonds. The average molecular weight is 416 g/mol. The van der Waals surface area contributed by atoms with Gasteiger partial charge in [-0.2, -0.15) is 0 Å². The van der Waals surface area contributed by atoms with Gasteiger partial charge in [0.15, 0.2) is 5.13 Å². The molecule has 0 radical (unpaired) electrons. The second kappa shape index (κ2) is 7.69. The molecule has 2 N–H and O–H groups in total. The van der Waals surface area contributed by atoms with Gasteiger partial charge in [-0.15, -0.1) is 11.3 Å². The number of rotatable bonds is 4. The van der Waals surface area contributed by atoms with Crippen LogP contribution in [0.1, 0.15) is 33.3 Å². The van der Waals surface area contributed by atoms with E-state index in [2.05, 4.69) is 15.6 Å². The zero-order valence-electron chi connectivity index (χ0n) is 14.5. The lowest BCUT2D eigenvalue weighted by molar-refractivity contribution is -0.117. The van der Waals surface area contributed by atoms with Crippen LogP contribution in [0.2, 0.25) is 5.02 Å². The van der Waals surface area contributed by atoms with Crippen LogP contribution in [-0.4, -0.2) is 16.8 Å². The number of fused-ring (bicyclic) bond motifs is 1. The van der Waals surface area contributed by atoms with Crippen LogP contribution < -0.4 is 10.6 Å². The van der Waals surface area contributed by atoms with E-state index in [1.807, 2.05) is 0 Å². The van der Waals surface area contributed by atoms with Crippen LogP contribution in [-0.2, 0) is 11.2 Å². The Balaban J connectivity index is 1.46. The molecule has 0 bridgehead atoms. The van der Waals surface area contributed by atoms with E-state index in [4.69, 9.17) is 11.6 Å². The van der Waals surface area contributed by atoms with E-state index in [-0.39, 0.29) is 17.7 Å². The van der Waals surface area contributed by atoms with Crippen molar-refractivity contribution in [2.75, 3.05) is 10.6 Å². The van der Waals surface area contributed by atoms with Crippen molar-refractivity contribution >= 4 is 45.6 Å². The Morgan fingerprint density at radius 2 is 1.79 bits per heavy atom. The zero-order valence-corrected chi connectivity index (χ0v) is 16.1. The van der Waals surface area contributed by atoms with Crippen LogP contribution >= 0.6 is 22.9 Å². The van der Waals surface area contributed by atoms with Crippen LogP contribution in [0.5, 0.6) is 0 Å². The van der Waals surface area contributed by atoms with Gasteiger partial charge in [-0.1, -0.05) is 11.6 Å². The number of thiazole rings is 1. The SMILES string of the molecule is O=C(Nc1nc2c(s1)CCC2C(=O)Nc1ccc(Cl)cc1)c1ccc(F)cc1. The minimum absolute atomic E-state index is 0.136. The summed E-state index contributed by atoms with van der Waals surface area (Å²) in [5.74, 6) is -1.27. The maximum absolute atomic E-state index is 13.0. The first-order valence-corrected chi connectivity index (χ1v) is 9.82. The maximum Gasteiger partial charge on any atom is 0.257 e. The third-order valence-electron chi connectivity index (χ3n) is 4.47. The molecule has 1 aromatic heterocycles. The van der Waals surface area contributed by atoms with Crippen molar-refractivity contribution in [1.29, 1.82) is 0 Å². The van der Waals surface area contributed by atoms with E-state index in [9.17, 15) is 14.0 Å². The molecular weight excluding hydrogens is 401 g/mol. The number of hydrogen-bond acceptors (Lipinski definition) is 4. The van der Waals surface area contributed by atoms with Crippen molar-refractivity contribution in [3.63, 3.8) is 0 Å². The summed E-state index contributed by atoms with van der Waals surface area (Å²) in [6.07, 6.45) is 1.41. The quantitative estimate of drug-likeness (QED) is 0.639. The standard InChI is InChI=1S/C20H15ClFN3O2S/c21-12-3-7-14(8-4-12)23-19(27)15-9-10-16-17(15)24-20(28-16)25-18(26)11-1-5-13(22)6-2-11/h1-8,15H,9-10H2,(H,23,27)(H,24,25,26). The fraction of sp³-hybridized carbons (Fsp3) is 0.150. The van der Waals surface area contributed by atoms with Crippen molar-refractivity contribution in [1.82, 2.24) is 4.98 Å².